The Morgan fingerprint density at radius 1 is 0.600 bits per heavy atom. The van der Waals surface area contributed by atoms with E-state index < -0.39 is 65.3 Å². The van der Waals surface area contributed by atoms with Crippen LogP contribution in [0.4, 0.5) is 11.4 Å². The number of carbonyl (C=O) groups excluding carboxylic acids is 2. The molecule has 8 N–H and O–H groups in total. The molecular weight excluding hydrogens is 936 g/mol. The molecule has 18 nitrogen and oxygen atoms in total. The van der Waals surface area contributed by atoms with Crippen LogP contribution < -0.4 is 40.2 Å². The molecule has 0 unspecified atom stereocenters. The van der Waals surface area contributed by atoms with Crippen LogP contribution >= 0.6 is 23.5 Å². The SMILES string of the molecule is O=C(O)CCSCc1cc(C(=O)Nc2ccc(/C=C/c3ccc(NC(=O)c4cc(CSCCC(=O)O)c5cccnc5c4O)cc3S(=O)(=O)O)c(S(=O)(=O)O)c2)c(O)c2ncccc12.[Na+]. The van der Waals surface area contributed by atoms with Gasteiger partial charge in [-0.3, -0.25) is 38.3 Å². The molecule has 6 rings (SSSR count). The number of benzene rings is 4. The van der Waals surface area contributed by atoms with E-state index in [4.69, 9.17) is 10.2 Å². The first-order valence-electron chi connectivity index (χ1n) is 18.6. The smallest absolute Gasteiger partial charge is 0.505 e. The Morgan fingerprint density at radius 2 is 0.985 bits per heavy atom. The number of hydrogen-bond donors (Lipinski definition) is 8. The molecule has 2 heterocycles. The summed E-state index contributed by atoms with van der Waals surface area (Å²) in [6, 6.07) is 16.2. The minimum Gasteiger partial charge on any atom is -0.505 e. The number of nitrogens with zero attached hydrogens (tertiary/aromatic N) is 2. The number of phenols is 2. The number of aromatic hydroxyl groups is 2. The standard InChI is InChI=1S/C42H36N4O14S4.Na/c47-35(48)11-15-61-21-25-17-31(39(51)37-29(25)3-1-13-43-37)41(53)45-27-9-7-23(33(19-27)63(55,56)57)5-6-24-8-10-28(20-34(24)64(58,59)60)46-42(54)32-18-26(22-62-16-12-36(49)50)30-4-2-14-44-38(30)40(32)52;/h1-10,13-14,17-20,51-52H,11-12,15-16,21-22H2,(H,45,53)(H,46,54)(H,47,48)(H,49,50)(H,55,56,57)(H,58,59,60);/q;+1/b6-5+;. The molecule has 0 fully saturated rings. The van der Waals surface area contributed by atoms with Crippen LogP contribution in [0.3, 0.4) is 0 Å². The van der Waals surface area contributed by atoms with E-state index in [1.54, 1.807) is 24.3 Å². The van der Waals surface area contributed by atoms with E-state index in [1.165, 1.54) is 72.3 Å². The van der Waals surface area contributed by atoms with Gasteiger partial charge in [0.25, 0.3) is 32.1 Å². The number of rotatable bonds is 18. The Hall–Kier alpha value is -5.56. The Bertz CT molecular complexity index is 2910. The average Bonchev–Trinajstić information content (AvgIpc) is 3.24. The van der Waals surface area contributed by atoms with Gasteiger partial charge in [-0.15, -0.1) is 0 Å². The van der Waals surface area contributed by atoms with Crippen LogP contribution in [0.2, 0.25) is 0 Å². The summed E-state index contributed by atoms with van der Waals surface area (Å²) in [5, 5.41) is 46.0. The van der Waals surface area contributed by atoms with Crippen LogP contribution in [0.15, 0.2) is 95.0 Å². The fraction of sp³-hybridized carbons (Fsp3) is 0.143. The first kappa shape index (κ1) is 50.4. The number of aromatic nitrogens is 2. The molecule has 0 radical (unpaired) electrons. The molecule has 0 bridgehead atoms. The summed E-state index contributed by atoms with van der Waals surface area (Å²) in [6.07, 6.45) is 4.85. The predicted octanol–water partition coefficient (Wildman–Crippen LogP) is 3.78. The fourth-order valence-electron chi connectivity index (χ4n) is 6.39. The number of phenolic OH excluding ortho intramolecular Hbond substituents is 2. The van der Waals surface area contributed by atoms with E-state index in [0.29, 0.717) is 21.9 Å². The number of fused-ring (bicyclic) bond motifs is 2. The second-order valence-electron chi connectivity index (χ2n) is 13.8. The van der Waals surface area contributed by atoms with E-state index >= 15 is 0 Å². The Morgan fingerprint density at radius 3 is 1.34 bits per heavy atom. The number of thioether (sulfide) groups is 2. The predicted molar refractivity (Wildman–Crippen MR) is 241 cm³/mol. The summed E-state index contributed by atoms with van der Waals surface area (Å²) in [5.74, 6) is -3.56. The number of pyridine rings is 2. The topological polar surface area (TPSA) is 308 Å². The van der Waals surface area contributed by atoms with Gasteiger partial charge in [0.2, 0.25) is 0 Å². The number of nitrogens with one attached hydrogen (secondary N) is 2. The average molecular weight is 972 g/mol. The maximum Gasteiger partial charge on any atom is 1.00 e. The summed E-state index contributed by atoms with van der Waals surface area (Å²) in [7, 11) is -10.0. The van der Waals surface area contributed by atoms with Gasteiger partial charge in [-0.25, -0.2) is 0 Å². The molecule has 0 aliphatic rings. The van der Waals surface area contributed by atoms with Crippen LogP contribution in [-0.2, 0) is 41.3 Å². The van der Waals surface area contributed by atoms with Gasteiger partial charge in [-0.2, -0.15) is 40.4 Å². The fourth-order valence-corrected chi connectivity index (χ4v) is 9.66. The number of hydrogen-bond acceptors (Lipinski definition) is 14. The van der Waals surface area contributed by atoms with Crippen molar-refractivity contribution in [3.8, 4) is 11.5 Å². The molecule has 6 aromatic rings. The van der Waals surface area contributed by atoms with Crippen LogP contribution in [0.1, 0.15) is 55.8 Å². The summed E-state index contributed by atoms with van der Waals surface area (Å²) in [6.45, 7) is 0. The second-order valence-corrected chi connectivity index (χ2v) is 18.7. The van der Waals surface area contributed by atoms with Gasteiger partial charge in [-0.05, 0) is 70.8 Å². The number of anilines is 2. The molecule has 0 aliphatic heterocycles. The van der Waals surface area contributed by atoms with Gasteiger partial charge in [0, 0.05) is 57.6 Å². The second kappa shape index (κ2) is 21.6. The van der Waals surface area contributed by atoms with Gasteiger partial charge in [0.05, 0.1) is 24.0 Å². The minimum absolute atomic E-state index is 0. The zero-order valence-electron chi connectivity index (χ0n) is 34.0. The Balaban J connectivity index is 0.00000793. The summed E-state index contributed by atoms with van der Waals surface area (Å²) < 4.78 is 70.7. The van der Waals surface area contributed by atoms with Crippen LogP contribution in [0.25, 0.3) is 34.0 Å². The van der Waals surface area contributed by atoms with Gasteiger partial charge in [0.15, 0.2) is 11.5 Å². The first-order chi connectivity index (χ1) is 30.3. The van der Waals surface area contributed by atoms with Crippen LogP contribution in [0, 0.1) is 0 Å². The van der Waals surface area contributed by atoms with E-state index in [1.807, 2.05) is 0 Å². The summed E-state index contributed by atoms with van der Waals surface area (Å²) in [5.41, 5.74) is 0.235. The molecule has 0 saturated carbocycles. The van der Waals surface area contributed by atoms with E-state index in [9.17, 15) is 55.3 Å². The van der Waals surface area contributed by atoms with Crippen molar-refractivity contribution in [3.05, 3.63) is 119 Å². The number of carboxylic acids is 2. The van der Waals surface area contributed by atoms with Crippen LogP contribution in [-0.4, -0.2) is 91.6 Å². The molecule has 4 aromatic carbocycles. The monoisotopic (exact) mass is 971 g/mol. The van der Waals surface area contributed by atoms with Gasteiger partial charge < -0.3 is 31.1 Å². The third-order valence-electron chi connectivity index (χ3n) is 9.37. The van der Waals surface area contributed by atoms with Gasteiger partial charge in [0.1, 0.15) is 20.8 Å². The van der Waals surface area contributed by atoms with Crippen molar-refractivity contribution < 1.29 is 95.1 Å². The van der Waals surface area contributed by atoms with Crippen molar-refractivity contribution >= 4 is 113 Å². The summed E-state index contributed by atoms with van der Waals surface area (Å²) >= 11 is 2.57. The quantitative estimate of drug-likeness (QED) is 0.0263. The Kier molecular flexibility index (Phi) is 16.8. The third-order valence-corrected chi connectivity index (χ3v) is 13.2. The molecule has 2 aromatic heterocycles. The van der Waals surface area contributed by atoms with Crippen LogP contribution in [0.5, 0.6) is 11.5 Å². The number of carboxylic acid groups (broad SMARTS) is 2. The molecule has 65 heavy (non-hydrogen) atoms. The normalized spacial score (nSPS) is 11.7. The van der Waals surface area contributed by atoms with Crippen molar-refractivity contribution in [1.82, 2.24) is 9.97 Å². The first-order valence-corrected chi connectivity index (χ1v) is 23.8. The molecular formula is C42H36N4NaO14S4+. The number of aliphatic carboxylic acids is 2. The summed E-state index contributed by atoms with van der Waals surface area (Å²) in [4.78, 5) is 55.9. The van der Waals surface area contributed by atoms with Crippen molar-refractivity contribution in [1.29, 1.82) is 0 Å². The largest absolute Gasteiger partial charge is 1.00 e. The molecule has 23 heteroatoms. The maximum absolute atomic E-state index is 13.5. The number of amides is 2. The zero-order chi connectivity index (χ0) is 46.3. The molecule has 332 valence electrons. The van der Waals surface area contributed by atoms with Crippen molar-refractivity contribution in [3.63, 3.8) is 0 Å². The van der Waals surface area contributed by atoms with Gasteiger partial charge >= 0.3 is 41.5 Å². The van der Waals surface area contributed by atoms with Crippen molar-refractivity contribution in [2.24, 2.45) is 0 Å². The van der Waals surface area contributed by atoms with E-state index in [0.717, 1.165) is 24.3 Å². The van der Waals surface area contributed by atoms with E-state index in [2.05, 4.69) is 20.6 Å². The van der Waals surface area contributed by atoms with E-state index in [-0.39, 0.29) is 110 Å². The Labute approximate surface area is 401 Å². The molecule has 0 atom stereocenters. The molecule has 0 saturated heterocycles. The zero-order valence-corrected chi connectivity index (χ0v) is 39.2. The number of carbonyl (C=O) groups is 4. The third kappa shape index (κ3) is 12.6. The molecule has 0 aliphatic carbocycles. The minimum atomic E-state index is -5.01. The van der Waals surface area contributed by atoms with Crippen molar-refractivity contribution in [2.45, 2.75) is 34.1 Å². The molecule has 0 spiro atoms. The molecule has 2 amide bonds. The maximum atomic E-state index is 13.5. The van der Waals surface area contributed by atoms with Crippen molar-refractivity contribution in [2.75, 3.05) is 22.1 Å². The van der Waals surface area contributed by atoms with Gasteiger partial charge in [-0.1, -0.05) is 36.4 Å².